The number of rotatable bonds is 9. The molecule has 0 bridgehead atoms. The minimum Gasteiger partial charge on any atom is -0.368 e. The highest BCUT2D eigenvalue weighted by atomic mass is 16.1. The van der Waals surface area contributed by atoms with E-state index in [0.29, 0.717) is 0 Å². The largest absolute Gasteiger partial charge is 0.368 e. The van der Waals surface area contributed by atoms with E-state index < -0.39 is 5.54 Å². The SMILES string of the molecule is CCNC(C)(CCCN(C)CC1CCCC1)C(N)=O. The summed E-state index contributed by atoms with van der Waals surface area (Å²) in [6.07, 6.45) is 7.40. The first-order valence-corrected chi connectivity index (χ1v) is 7.71. The molecule has 1 atom stereocenters. The average Bonchev–Trinajstić information content (AvgIpc) is 2.81. The van der Waals surface area contributed by atoms with Crippen LogP contribution in [0.3, 0.4) is 0 Å². The van der Waals surface area contributed by atoms with Crippen LogP contribution >= 0.6 is 0 Å². The lowest BCUT2D eigenvalue weighted by atomic mass is 9.94. The highest BCUT2D eigenvalue weighted by molar-refractivity contribution is 5.84. The van der Waals surface area contributed by atoms with Gasteiger partial charge in [0.05, 0.1) is 5.54 Å². The Morgan fingerprint density at radius 3 is 2.58 bits per heavy atom. The lowest BCUT2D eigenvalue weighted by Crippen LogP contribution is -2.53. The number of nitrogens with one attached hydrogen (secondary N) is 1. The quantitative estimate of drug-likeness (QED) is 0.670. The highest BCUT2D eigenvalue weighted by Gasteiger charge is 2.29. The Bertz CT molecular complexity index is 277. The smallest absolute Gasteiger partial charge is 0.237 e. The molecule has 1 amide bonds. The number of likely N-dealkylation sites (N-methyl/N-ethyl adjacent to an activating group) is 1. The van der Waals surface area contributed by atoms with Gasteiger partial charge < -0.3 is 16.0 Å². The van der Waals surface area contributed by atoms with Gasteiger partial charge in [-0.1, -0.05) is 19.8 Å². The van der Waals surface area contributed by atoms with Crippen molar-refractivity contribution in [3.63, 3.8) is 0 Å². The molecule has 0 aromatic carbocycles. The Balaban J connectivity index is 2.25. The second-order valence-electron chi connectivity index (χ2n) is 6.24. The van der Waals surface area contributed by atoms with Gasteiger partial charge in [0.1, 0.15) is 0 Å². The summed E-state index contributed by atoms with van der Waals surface area (Å²) in [5, 5.41) is 3.21. The van der Waals surface area contributed by atoms with Crippen molar-refractivity contribution in [2.24, 2.45) is 11.7 Å². The lowest BCUT2D eigenvalue weighted by Gasteiger charge is -2.28. The summed E-state index contributed by atoms with van der Waals surface area (Å²) in [5.41, 5.74) is 4.94. The number of hydrogen-bond donors (Lipinski definition) is 2. The molecular weight excluding hydrogens is 238 g/mol. The monoisotopic (exact) mass is 269 g/mol. The lowest BCUT2D eigenvalue weighted by molar-refractivity contribution is -0.124. The van der Waals surface area contributed by atoms with Crippen molar-refractivity contribution in [2.75, 3.05) is 26.7 Å². The van der Waals surface area contributed by atoms with E-state index in [1.807, 2.05) is 13.8 Å². The summed E-state index contributed by atoms with van der Waals surface area (Å²) in [5.74, 6) is 0.647. The van der Waals surface area contributed by atoms with Crippen LogP contribution in [0, 0.1) is 5.92 Å². The van der Waals surface area contributed by atoms with E-state index >= 15 is 0 Å². The molecule has 1 aliphatic carbocycles. The van der Waals surface area contributed by atoms with Crippen LogP contribution in [0.1, 0.15) is 52.4 Å². The normalized spacial score (nSPS) is 19.8. The molecule has 3 N–H and O–H groups in total. The van der Waals surface area contributed by atoms with E-state index in [-0.39, 0.29) is 5.91 Å². The molecule has 0 radical (unpaired) electrons. The van der Waals surface area contributed by atoms with E-state index in [1.165, 1.54) is 32.2 Å². The molecular formula is C15H31N3O. The van der Waals surface area contributed by atoms with E-state index in [4.69, 9.17) is 5.73 Å². The molecule has 19 heavy (non-hydrogen) atoms. The van der Waals surface area contributed by atoms with E-state index in [0.717, 1.165) is 31.8 Å². The van der Waals surface area contributed by atoms with Crippen LogP contribution in [0.15, 0.2) is 0 Å². The summed E-state index contributed by atoms with van der Waals surface area (Å²) < 4.78 is 0. The fraction of sp³-hybridized carbons (Fsp3) is 0.933. The van der Waals surface area contributed by atoms with Crippen LogP contribution in [0.2, 0.25) is 0 Å². The molecule has 112 valence electrons. The Kier molecular flexibility index (Phi) is 6.80. The zero-order valence-electron chi connectivity index (χ0n) is 12.9. The Morgan fingerprint density at radius 1 is 1.42 bits per heavy atom. The molecule has 0 aromatic rings. The Hall–Kier alpha value is -0.610. The molecule has 1 fully saturated rings. The first-order chi connectivity index (χ1) is 8.98. The molecule has 0 aromatic heterocycles. The third-order valence-corrected chi connectivity index (χ3v) is 4.37. The zero-order chi connectivity index (χ0) is 14.3. The Labute approximate surface area is 118 Å². The van der Waals surface area contributed by atoms with Crippen LogP contribution in [-0.2, 0) is 4.79 Å². The minimum atomic E-state index is -0.553. The standard InChI is InChI=1S/C15H31N3O/c1-4-17-15(2,14(16)19)10-7-11-18(3)12-13-8-5-6-9-13/h13,17H,4-12H2,1-3H3,(H2,16,19). The van der Waals surface area contributed by atoms with Crippen molar-refractivity contribution in [3.05, 3.63) is 0 Å². The van der Waals surface area contributed by atoms with Gasteiger partial charge in [0.15, 0.2) is 0 Å². The molecule has 4 heteroatoms. The third kappa shape index (κ3) is 5.49. The number of primary amides is 1. The number of carbonyl (C=O) groups is 1. The molecule has 0 heterocycles. The summed E-state index contributed by atoms with van der Waals surface area (Å²) in [7, 11) is 2.19. The topological polar surface area (TPSA) is 58.4 Å². The number of nitrogens with two attached hydrogens (primary N) is 1. The van der Waals surface area contributed by atoms with Gasteiger partial charge in [0.25, 0.3) is 0 Å². The predicted octanol–water partition coefficient (Wildman–Crippen LogP) is 1.74. The van der Waals surface area contributed by atoms with Crippen LogP contribution in [0.5, 0.6) is 0 Å². The average molecular weight is 269 g/mol. The van der Waals surface area contributed by atoms with Crippen LogP contribution in [0.25, 0.3) is 0 Å². The fourth-order valence-electron chi connectivity index (χ4n) is 3.12. The van der Waals surface area contributed by atoms with Gasteiger partial charge in [0, 0.05) is 6.54 Å². The van der Waals surface area contributed by atoms with Gasteiger partial charge in [-0.05, 0) is 58.7 Å². The number of hydrogen-bond acceptors (Lipinski definition) is 3. The molecule has 1 rings (SSSR count). The third-order valence-electron chi connectivity index (χ3n) is 4.37. The molecule has 0 spiro atoms. The van der Waals surface area contributed by atoms with Crippen molar-refractivity contribution >= 4 is 5.91 Å². The van der Waals surface area contributed by atoms with Crippen molar-refractivity contribution in [2.45, 2.75) is 57.9 Å². The Morgan fingerprint density at radius 2 is 2.05 bits per heavy atom. The predicted molar refractivity (Wildman–Crippen MR) is 80.0 cm³/mol. The van der Waals surface area contributed by atoms with Crippen molar-refractivity contribution in [3.8, 4) is 0 Å². The number of carbonyl (C=O) groups excluding carboxylic acids is 1. The number of amides is 1. The maximum absolute atomic E-state index is 11.5. The fourth-order valence-corrected chi connectivity index (χ4v) is 3.12. The van der Waals surface area contributed by atoms with Gasteiger partial charge in [0.2, 0.25) is 5.91 Å². The number of nitrogens with zero attached hydrogens (tertiary/aromatic N) is 1. The maximum Gasteiger partial charge on any atom is 0.237 e. The van der Waals surface area contributed by atoms with Crippen LogP contribution in [-0.4, -0.2) is 43.0 Å². The summed E-state index contributed by atoms with van der Waals surface area (Å²) in [4.78, 5) is 13.9. The van der Waals surface area contributed by atoms with Crippen LogP contribution < -0.4 is 11.1 Å². The van der Waals surface area contributed by atoms with Gasteiger partial charge in [-0.15, -0.1) is 0 Å². The van der Waals surface area contributed by atoms with Gasteiger partial charge in [-0.2, -0.15) is 0 Å². The highest BCUT2D eigenvalue weighted by Crippen LogP contribution is 2.25. The molecule has 1 aliphatic rings. The van der Waals surface area contributed by atoms with E-state index in [9.17, 15) is 4.79 Å². The molecule has 4 nitrogen and oxygen atoms in total. The maximum atomic E-state index is 11.5. The van der Waals surface area contributed by atoms with Gasteiger partial charge in [-0.3, -0.25) is 4.79 Å². The molecule has 0 saturated heterocycles. The summed E-state index contributed by atoms with van der Waals surface area (Å²) >= 11 is 0. The van der Waals surface area contributed by atoms with E-state index in [2.05, 4.69) is 17.3 Å². The van der Waals surface area contributed by atoms with Crippen molar-refractivity contribution in [1.82, 2.24) is 10.2 Å². The summed E-state index contributed by atoms with van der Waals surface area (Å²) in [6, 6.07) is 0. The van der Waals surface area contributed by atoms with Gasteiger partial charge >= 0.3 is 0 Å². The van der Waals surface area contributed by atoms with Gasteiger partial charge in [-0.25, -0.2) is 0 Å². The molecule has 0 aliphatic heterocycles. The summed E-state index contributed by atoms with van der Waals surface area (Å²) in [6.45, 7) is 6.94. The van der Waals surface area contributed by atoms with Crippen molar-refractivity contribution in [1.29, 1.82) is 0 Å². The van der Waals surface area contributed by atoms with Crippen LogP contribution in [0.4, 0.5) is 0 Å². The zero-order valence-corrected chi connectivity index (χ0v) is 12.9. The molecule has 1 saturated carbocycles. The first kappa shape index (κ1) is 16.4. The second kappa shape index (κ2) is 7.85. The molecule has 1 unspecified atom stereocenters. The second-order valence-corrected chi connectivity index (χ2v) is 6.24. The van der Waals surface area contributed by atoms with Crippen molar-refractivity contribution < 1.29 is 4.79 Å². The van der Waals surface area contributed by atoms with E-state index in [1.54, 1.807) is 0 Å². The minimum absolute atomic E-state index is 0.243. The first-order valence-electron chi connectivity index (χ1n) is 7.71.